The third-order valence-electron chi connectivity index (χ3n) is 2.53. The molecule has 0 amide bonds. The zero-order valence-corrected chi connectivity index (χ0v) is 7.48. The quantitative estimate of drug-likeness (QED) is 0.644. The predicted octanol–water partition coefficient (Wildman–Crippen LogP) is 1.11. The first-order valence-corrected chi connectivity index (χ1v) is 4.78. The Balaban J connectivity index is 1.65. The van der Waals surface area contributed by atoms with E-state index in [9.17, 15) is 0 Å². The summed E-state index contributed by atoms with van der Waals surface area (Å²) in [5.74, 6) is 0.973. The molecule has 11 heavy (non-hydrogen) atoms. The fraction of sp³-hybridized carbons (Fsp3) is 1.00. The molecule has 1 aliphatic heterocycles. The normalized spacial score (nSPS) is 28.1. The average molecular weight is 174 g/mol. The number of rotatable bonds is 4. The van der Waals surface area contributed by atoms with Gasteiger partial charge in [-0.25, -0.2) is 0 Å². The summed E-state index contributed by atoms with van der Waals surface area (Å²) in [6.45, 7) is 2.48. The van der Waals surface area contributed by atoms with Crippen LogP contribution in [0.4, 0.5) is 0 Å². The van der Waals surface area contributed by atoms with E-state index >= 15 is 0 Å². The Bertz CT molecular complexity index is 141. The van der Waals surface area contributed by atoms with E-state index in [0.29, 0.717) is 11.5 Å². The summed E-state index contributed by atoms with van der Waals surface area (Å²) in [6.07, 6.45) is 2.97. The molecule has 0 N–H and O–H groups in total. The first-order chi connectivity index (χ1) is 5.35. The zero-order valence-electron chi connectivity index (χ0n) is 6.58. The lowest BCUT2D eigenvalue weighted by atomic mass is 10.1. The lowest BCUT2D eigenvalue weighted by Crippen LogP contribution is -2.37. The van der Waals surface area contributed by atoms with Gasteiger partial charge in [0.25, 0.3) is 0 Å². The van der Waals surface area contributed by atoms with Crippen molar-refractivity contribution in [2.45, 2.75) is 18.9 Å². The molecule has 1 heterocycles. The summed E-state index contributed by atoms with van der Waals surface area (Å²) in [6, 6.07) is 0. The Morgan fingerprint density at radius 2 is 2.18 bits per heavy atom. The number of hydrogen-bond donors (Lipinski definition) is 1. The minimum Gasteiger partial charge on any atom is -0.376 e. The fourth-order valence-corrected chi connectivity index (χ4v) is 1.54. The van der Waals surface area contributed by atoms with Gasteiger partial charge in [-0.3, -0.25) is 0 Å². The van der Waals surface area contributed by atoms with Crippen LogP contribution >= 0.6 is 12.6 Å². The molecule has 3 heteroatoms. The van der Waals surface area contributed by atoms with Crippen LogP contribution in [-0.2, 0) is 9.47 Å². The van der Waals surface area contributed by atoms with Crippen LogP contribution in [0.1, 0.15) is 12.8 Å². The molecule has 0 aromatic carbocycles. The predicted molar refractivity (Wildman–Crippen MR) is 46.1 cm³/mol. The Morgan fingerprint density at radius 1 is 1.45 bits per heavy atom. The highest BCUT2D eigenvalue weighted by molar-refractivity contribution is 7.80. The summed E-state index contributed by atoms with van der Waals surface area (Å²) in [5, 5.41) is 0. The molecule has 0 bridgehead atoms. The van der Waals surface area contributed by atoms with Crippen molar-refractivity contribution in [1.29, 1.82) is 0 Å². The number of hydrogen-bond acceptors (Lipinski definition) is 3. The molecular weight excluding hydrogens is 160 g/mol. The molecule has 2 aliphatic rings. The van der Waals surface area contributed by atoms with Gasteiger partial charge >= 0.3 is 0 Å². The lowest BCUT2D eigenvalue weighted by molar-refractivity contribution is -0.136. The molecule has 0 atom stereocenters. The van der Waals surface area contributed by atoms with Crippen LogP contribution in [-0.4, -0.2) is 31.7 Å². The van der Waals surface area contributed by atoms with Gasteiger partial charge in [0.1, 0.15) is 6.10 Å². The Kier molecular flexibility index (Phi) is 2.12. The van der Waals surface area contributed by atoms with Gasteiger partial charge in [0, 0.05) is 5.41 Å². The Labute approximate surface area is 72.7 Å². The second kappa shape index (κ2) is 2.96. The molecule has 1 saturated heterocycles. The summed E-state index contributed by atoms with van der Waals surface area (Å²) in [5.41, 5.74) is 0.443. The van der Waals surface area contributed by atoms with Gasteiger partial charge in [0.2, 0.25) is 0 Å². The molecule has 0 aromatic rings. The minimum atomic E-state index is 0.382. The summed E-state index contributed by atoms with van der Waals surface area (Å²) >= 11 is 4.30. The molecular formula is C8H14O2S. The maximum absolute atomic E-state index is 5.62. The van der Waals surface area contributed by atoms with Crippen LogP contribution < -0.4 is 0 Å². The van der Waals surface area contributed by atoms with Crippen molar-refractivity contribution in [3.8, 4) is 0 Å². The first-order valence-electron chi connectivity index (χ1n) is 4.15. The van der Waals surface area contributed by atoms with Crippen molar-refractivity contribution in [3.05, 3.63) is 0 Å². The molecule has 2 nitrogen and oxygen atoms in total. The van der Waals surface area contributed by atoms with Gasteiger partial charge in [-0.1, -0.05) is 0 Å². The molecule has 2 fully saturated rings. The van der Waals surface area contributed by atoms with E-state index in [1.54, 1.807) is 0 Å². The molecule has 2 rings (SSSR count). The molecule has 1 saturated carbocycles. The fourth-order valence-electron chi connectivity index (χ4n) is 1.13. The van der Waals surface area contributed by atoms with E-state index in [2.05, 4.69) is 12.6 Å². The molecule has 0 aromatic heterocycles. The third kappa shape index (κ3) is 1.71. The monoisotopic (exact) mass is 174 g/mol. The molecule has 0 unspecified atom stereocenters. The van der Waals surface area contributed by atoms with Crippen molar-refractivity contribution in [3.63, 3.8) is 0 Å². The van der Waals surface area contributed by atoms with Crippen molar-refractivity contribution < 1.29 is 9.47 Å². The Morgan fingerprint density at radius 3 is 2.55 bits per heavy atom. The third-order valence-corrected chi connectivity index (χ3v) is 3.20. The summed E-state index contributed by atoms with van der Waals surface area (Å²) in [4.78, 5) is 0. The Hall–Kier alpha value is 0.270. The highest BCUT2D eigenvalue weighted by Gasteiger charge is 2.42. The summed E-state index contributed by atoms with van der Waals surface area (Å²) < 4.78 is 10.6. The van der Waals surface area contributed by atoms with Crippen molar-refractivity contribution in [1.82, 2.24) is 0 Å². The van der Waals surface area contributed by atoms with Crippen LogP contribution in [0.3, 0.4) is 0 Å². The maximum Gasteiger partial charge on any atom is 0.104 e. The van der Waals surface area contributed by atoms with E-state index in [-0.39, 0.29) is 0 Å². The van der Waals surface area contributed by atoms with Crippen LogP contribution in [0.2, 0.25) is 0 Å². The van der Waals surface area contributed by atoms with E-state index < -0.39 is 0 Å². The topological polar surface area (TPSA) is 18.5 Å². The number of ether oxygens (including phenoxy) is 2. The van der Waals surface area contributed by atoms with Gasteiger partial charge < -0.3 is 9.47 Å². The molecule has 0 spiro atoms. The van der Waals surface area contributed by atoms with Crippen molar-refractivity contribution >= 4 is 12.6 Å². The molecule has 0 radical (unpaired) electrons. The zero-order chi connectivity index (χ0) is 7.73. The van der Waals surface area contributed by atoms with Gasteiger partial charge in [-0.2, -0.15) is 12.6 Å². The van der Waals surface area contributed by atoms with Gasteiger partial charge in [-0.05, 0) is 18.6 Å². The van der Waals surface area contributed by atoms with E-state index in [0.717, 1.165) is 25.6 Å². The van der Waals surface area contributed by atoms with E-state index in [1.807, 2.05) is 0 Å². The SMILES string of the molecule is SCC1(COC2COC2)CC1. The van der Waals surface area contributed by atoms with Crippen molar-refractivity contribution in [2.75, 3.05) is 25.6 Å². The van der Waals surface area contributed by atoms with E-state index in [1.165, 1.54) is 12.8 Å². The minimum absolute atomic E-state index is 0.382. The standard InChI is InChI=1S/C8H14O2S/c11-6-8(1-2-8)5-10-7-3-9-4-7/h7,11H,1-6H2. The van der Waals surface area contributed by atoms with Gasteiger partial charge in [0.05, 0.1) is 19.8 Å². The van der Waals surface area contributed by atoms with Crippen LogP contribution in [0, 0.1) is 5.41 Å². The smallest absolute Gasteiger partial charge is 0.104 e. The second-order valence-electron chi connectivity index (χ2n) is 3.63. The lowest BCUT2D eigenvalue weighted by Gasteiger charge is -2.27. The van der Waals surface area contributed by atoms with Crippen molar-refractivity contribution in [2.24, 2.45) is 5.41 Å². The number of thiol groups is 1. The van der Waals surface area contributed by atoms with Crippen LogP contribution in [0.15, 0.2) is 0 Å². The first kappa shape index (κ1) is 7.90. The maximum atomic E-state index is 5.62. The molecule has 1 aliphatic carbocycles. The molecule has 64 valence electrons. The van der Waals surface area contributed by atoms with Gasteiger partial charge in [0.15, 0.2) is 0 Å². The average Bonchev–Trinajstić information content (AvgIpc) is 2.66. The van der Waals surface area contributed by atoms with Crippen LogP contribution in [0.5, 0.6) is 0 Å². The highest BCUT2D eigenvalue weighted by Crippen LogP contribution is 2.46. The highest BCUT2D eigenvalue weighted by atomic mass is 32.1. The van der Waals surface area contributed by atoms with Gasteiger partial charge in [-0.15, -0.1) is 0 Å². The second-order valence-corrected chi connectivity index (χ2v) is 3.94. The van der Waals surface area contributed by atoms with E-state index in [4.69, 9.17) is 9.47 Å². The largest absolute Gasteiger partial charge is 0.376 e. The summed E-state index contributed by atoms with van der Waals surface area (Å²) in [7, 11) is 0. The van der Waals surface area contributed by atoms with Crippen LogP contribution in [0.25, 0.3) is 0 Å².